The van der Waals surface area contributed by atoms with Crippen LogP contribution in [0, 0.1) is 17.1 Å². The Morgan fingerprint density at radius 1 is 1.53 bits per heavy atom. The van der Waals surface area contributed by atoms with Crippen LogP contribution < -0.4 is 4.74 Å². The second kappa shape index (κ2) is 4.11. The topological polar surface area (TPSA) is 37.9 Å². The molecule has 1 aromatic carbocycles. The molecule has 0 amide bonds. The lowest BCUT2D eigenvalue weighted by molar-refractivity contribution is 0.371. The van der Waals surface area contributed by atoms with Crippen LogP contribution in [0.4, 0.5) is 0 Å². The molecule has 0 aliphatic heterocycles. The van der Waals surface area contributed by atoms with E-state index in [-0.39, 0.29) is 6.61 Å². The summed E-state index contributed by atoms with van der Waals surface area (Å²) in [5.74, 6) is 3.14. The van der Waals surface area contributed by atoms with Crippen molar-refractivity contribution in [1.82, 2.24) is 9.97 Å². The molecule has 0 saturated carbocycles. The number of nitrogens with zero attached hydrogens (tertiary/aromatic N) is 1. The molecule has 3 nitrogen and oxygen atoms in total. The smallest absolute Gasteiger partial charge is 0.197 e. The number of terminal acetylenes is 1. The highest BCUT2D eigenvalue weighted by Gasteiger charge is 1.97. The van der Waals surface area contributed by atoms with Gasteiger partial charge in [0.15, 0.2) is 4.77 Å². The van der Waals surface area contributed by atoms with Crippen molar-refractivity contribution in [3.8, 4) is 18.1 Å². The van der Waals surface area contributed by atoms with Crippen LogP contribution in [-0.4, -0.2) is 16.6 Å². The minimum absolute atomic E-state index is 0.266. The number of aromatic amines is 1. The van der Waals surface area contributed by atoms with E-state index in [0.717, 1.165) is 16.7 Å². The Morgan fingerprint density at radius 3 is 3.20 bits per heavy atom. The standard InChI is InChI=1S/C11H8N2OS/c1-2-5-14-9-3-4-10-8(6-9)7-12-11(15)13-10/h1,3-4,6-7H,5H2,(H,12,13,15). The zero-order valence-electron chi connectivity index (χ0n) is 7.86. The third-order valence-corrected chi connectivity index (χ3v) is 2.12. The van der Waals surface area contributed by atoms with Crippen LogP contribution in [0.25, 0.3) is 10.9 Å². The third kappa shape index (κ3) is 2.14. The molecule has 1 heterocycles. The molecule has 0 aliphatic rings. The molecule has 0 unspecified atom stereocenters. The van der Waals surface area contributed by atoms with E-state index in [1.54, 1.807) is 6.20 Å². The average molecular weight is 216 g/mol. The number of hydrogen-bond acceptors (Lipinski definition) is 3. The van der Waals surface area contributed by atoms with Gasteiger partial charge in [0.2, 0.25) is 0 Å². The van der Waals surface area contributed by atoms with Gasteiger partial charge in [0.25, 0.3) is 0 Å². The predicted molar refractivity (Wildman–Crippen MR) is 61.3 cm³/mol. The van der Waals surface area contributed by atoms with Gasteiger partial charge in [-0.3, -0.25) is 0 Å². The van der Waals surface area contributed by atoms with E-state index in [1.807, 2.05) is 18.2 Å². The molecule has 74 valence electrons. The Bertz CT molecular complexity index is 583. The Kier molecular flexibility index (Phi) is 2.66. The highest BCUT2D eigenvalue weighted by atomic mass is 32.1. The Labute approximate surface area is 92.1 Å². The first-order valence-corrected chi connectivity index (χ1v) is 4.76. The molecule has 4 heteroatoms. The lowest BCUT2D eigenvalue weighted by Crippen LogP contribution is -1.93. The van der Waals surface area contributed by atoms with Crippen LogP contribution in [0.15, 0.2) is 24.4 Å². The van der Waals surface area contributed by atoms with Crippen LogP contribution in [-0.2, 0) is 0 Å². The lowest BCUT2D eigenvalue weighted by atomic mass is 10.2. The summed E-state index contributed by atoms with van der Waals surface area (Å²) in [7, 11) is 0. The second-order valence-electron chi connectivity index (χ2n) is 2.93. The van der Waals surface area contributed by atoms with Crippen LogP contribution >= 0.6 is 12.2 Å². The predicted octanol–water partition coefficient (Wildman–Crippen LogP) is 2.30. The van der Waals surface area contributed by atoms with E-state index in [2.05, 4.69) is 15.9 Å². The summed E-state index contributed by atoms with van der Waals surface area (Å²) >= 11 is 4.92. The SMILES string of the molecule is C#CCOc1ccc2[nH]c(=S)ncc2c1. The summed E-state index contributed by atoms with van der Waals surface area (Å²) in [5, 5.41) is 0.943. The van der Waals surface area contributed by atoms with Gasteiger partial charge in [0, 0.05) is 17.1 Å². The van der Waals surface area contributed by atoms with Gasteiger partial charge < -0.3 is 9.72 Å². The number of aromatic nitrogens is 2. The number of rotatable bonds is 2. The van der Waals surface area contributed by atoms with E-state index in [9.17, 15) is 0 Å². The highest BCUT2D eigenvalue weighted by Crippen LogP contribution is 2.18. The van der Waals surface area contributed by atoms with Gasteiger partial charge in [-0.25, -0.2) is 4.98 Å². The van der Waals surface area contributed by atoms with E-state index < -0.39 is 0 Å². The first-order valence-electron chi connectivity index (χ1n) is 4.35. The molecule has 0 fully saturated rings. The second-order valence-corrected chi connectivity index (χ2v) is 3.32. The molecule has 1 aromatic heterocycles. The third-order valence-electron chi connectivity index (χ3n) is 1.91. The van der Waals surface area contributed by atoms with Crippen LogP contribution in [0.1, 0.15) is 0 Å². The fourth-order valence-electron chi connectivity index (χ4n) is 1.25. The van der Waals surface area contributed by atoms with Crippen LogP contribution in [0.2, 0.25) is 0 Å². The van der Waals surface area contributed by atoms with Gasteiger partial charge in [-0.1, -0.05) is 5.92 Å². The summed E-state index contributed by atoms with van der Waals surface area (Å²) in [5.41, 5.74) is 0.933. The number of hydrogen-bond donors (Lipinski definition) is 1. The number of fused-ring (bicyclic) bond motifs is 1. The summed E-state index contributed by atoms with van der Waals surface area (Å²) in [6.07, 6.45) is 6.81. The molecule has 0 bridgehead atoms. The molecule has 2 rings (SSSR count). The Hall–Kier alpha value is -1.86. The van der Waals surface area contributed by atoms with Crippen LogP contribution in [0.5, 0.6) is 5.75 Å². The molecule has 0 aliphatic carbocycles. The lowest BCUT2D eigenvalue weighted by Gasteiger charge is -2.03. The molecule has 2 aromatic rings. The minimum Gasteiger partial charge on any atom is -0.481 e. The maximum Gasteiger partial charge on any atom is 0.197 e. The van der Waals surface area contributed by atoms with Crippen molar-refractivity contribution in [2.45, 2.75) is 0 Å². The van der Waals surface area contributed by atoms with Gasteiger partial charge in [0.05, 0.1) is 0 Å². The molecule has 1 N–H and O–H groups in total. The number of ether oxygens (including phenoxy) is 1. The average Bonchev–Trinajstić information content (AvgIpc) is 2.26. The van der Waals surface area contributed by atoms with Crippen molar-refractivity contribution >= 4 is 23.1 Å². The highest BCUT2D eigenvalue weighted by molar-refractivity contribution is 7.71. The van der Waals surface area contributed by atoms with Crippen molar-refractivity contribution in [2.24, 2.45) is 0 Å². The molecule has 0 atom stereocenters. The van der Waals surface area contributed by atoms with E-state index >= 15 is 0 Å². The zero-order valence-corrected chi connectivity index (χ0v) is 8.67. The molecular weight excluding hydrogens is 208 g/mol. The molecular formula is C11H8N2OS. The summed E-state index contributed by atoms with van der Waals surface area (Å²) in [6.45, 7) is 0.266. The molecule has 15 heavy (non-hydrogen) atoms. The van der Waals surface area contributed by atoms with Crippen molar-refractivity contribution < 1.29 is 4.74 Å². The van der Waals surface area contributed by atoms with Crippen LogP contribution in [0.3, 0.4) is 0 Å². The van der Waals surface area contributed by atoms with Gasteiger partial charge in [-0.2, -0.15) is 0 Å². The normalized spacial score (nSPS) is 9.80. The maximum absolute atomic E-state index is 5.29. The Balaban J connectivity index is 2.44. The van der Waals surface area contributed by atoms with E-state index in [0.29, 0.717) is 4.77 Å². The zero-order chi connectivity index (χ0) is 10.7. The van der Waals surface area contributed by atoms with Crippen molar-refractivity contribution in [2.75, 3.05) is 6.61 Å². The summed E-state index contributed by atoms with van der Waals surface area (Å²) in [4.78, 5) is 6.97. The van der Waals surface area contributed by atoms with Gasteiger partial charge >= 0.3 is 0 Å². The van der Waals surface area contributed by atoms with Crippen molar-refractivity contribution in [3.63, 3.8) is 0 Å². The number of H-pyrrole nitrogens is 1. The largest absolute Gasteiger partial charge is 0.481 e. The minimum atomic E-state index is 0.266. The van der Waals surface area contributed by atoms with Gasteiger partial charge in [0.1, 0.15) is 12.4 Å². The molecule has 0 spiro atoms. The number of benzene rings is 1. The molecule has 0 saturated heterocycles. The van der Waals surface area contributed by atoms with Gasteiger partial charge in [-0.15, -0.1) is 6.42 Å². The van der Waals surface area contributed by atoms with Crippen molar-refractivity contribution in [1.29, 1.82) is 0 Å². The fourth-order valence-corrected chi connectivity index (χ4v) is 1.41. The monoisotopic (exact) mass is 216 g/mol. The Morgan fingerprint density at radius 2 is 2.40 bits per heavy atom. The van der Waals surface area contributed by atoms with Crippen molar-refractivity contribution in [3.05, 3.63) is 29.2 Å². The summed E-state index contributed by atoms with van der Waals surface area (Å²) < 4.78 is 5.76. The molecule has 0 radical (unpaired) electrons. The summed E-state index contributed by atoms with van der Waals surface area (Å²) in [6, 6.07) is 5.59. The first-order chi connectivity index (χ1) is 7.29. The van der Waals surface area contributed by atoms with E-state index in [1.165, 1.54) is 0 Å². The first kappa shape index (κ1) is 9.69. The number of nitrogens with one attached hydrogen (secondary N) is 1. The van der Waals surface area contributed by atoms with E-state index in [4.69, 9.17) is 23.4 Å². The quantitative estimate of drug-likeness (QED) is 0.618. The fraction of sp³-hybridized carbons (Fsp3) is 0.0909. The maximum atomic E-state index is 5.29. The van der Waals surface area contributed by atoms with Gasteiger partial charge in [-0.05, 0) is 30.4 Å².